The number of nitrogens with one attached hydrogen (secondary N) is 2. The van der Waals surface area contributed by atoms with Crippen LogP contribution in [0, 0.1) is 13.8 Å². The van der Waals surface area contributed by atoms with Crippen LogP contribution in [0.1, 0.15) is 21.8 Å². The van der Waals surface area contributed by atoms with Crippen LogP contribution in [0.25, 0.3) is 0 Å². The number of halogens is 1. The summed E-state index contributed by atoms with van der Waals surface area (Å²) in [6, 6.07) is 8.86. The number of aromatic nitrogens is 3. The van der Waals surface area contributed by atoms with Crippen molar-refractivity contribution >= 4 is 39.2 Å². The molecular formula is C16H14BrN5O2. The SMILES string of the molecule is Cc1cc(Nc2cc(C(=O)Nc3ccc(C)c(Br)c3)ncn2)no1. The molecule has 0 spiro atoms. The van der Waals surface area contributed by atoms with Crippen molar-refractivity contribution in [2.75, 3.05) is 10.6 Å². The molecule has 24 heavy (non-hydrogen) atoms. The quantitative estimate of drug-likeness (QED) is 0.706. The molecule has 7 nitrogen and oxygen atoms in total. The van der Waals surface area contributed by atoms with Gasteiger partial charge in [-0.05, 0) is 31.5 Å². The molecule has 1 aromatic carbocycles. The minimum atomic E-state index is -0.326. The van der Waals surface area contributed by atoms with Gasteiger partial charge in [0.15, 0.2) is 5.82 Å². The van der Waals surface area contributed by atoms with Crippen LogP contribution in [-0.2, 0) is 0 Å². The second kappa shape index (κ2) is 6.79. The Morgan fingerprint density at radius 3 is 2.67 bits per heavy atom. The Morgan fingerprint density at radius 2 is 1.96 bits per heavy atom. The van der Waals surface area contributed by atoms with Gasteiger partial charge in [-0.15, -0.1) is 0 Å². The summed E-state index contributed by atoms with van der Waals surface area (Å²) in [7, 11) is 0. The third kappa shape index (κ3) is 3.77. The molecule has 0 bridgehead atoms. The Hall–Kier alpha value is -2.74. The van der Waals surface area contributed by atoms with E-state index in [-0.39, 0.29) is 11.6 Å². The van der Waals surface area contributed by atoms with Gasteiger partial charge in [0.05, 0.1) is 0 Å². The van der Waals surface area contributed by atoms with Crippen LogP contribution in [0.4, 0.5) is 17.3 Å². The summed E-state index contributed by atoms with van der Waals surface area (Å²) in [6.07, 6.45) is 1.31. The van der Waals surface area contributed by atoms with Crippen molar-refractivity contribution in [2.24, 2.45) is 0 Å². The molecule has 0 aliphatic carbocycles. The van der Waals surface area contributed by atoms with Gasteiger partial charge in [0.1, 0.15) is 23.6 Å². The van der Waals surface area contributed by atoms with Gasteiger partial charge in [-0.2, -0.15) is 0 Å². The Morgan fingerprint density at radius 1 is 1.12 bits per heavy atom. The van der Waals surface area contributed by atoms with E-state index in [0.29, 0.717) is 23.1 Å². The first kappa shape index (κ1) is 16.1. The predicted molar refractivity (Wildman–Crippen MR) is 93.4 cm³/mol. The maximum absolute atomic E-state index is 12.3. The molecule has 0 radical (unpaired) electrons. The maximum Gasteiger partial charge on any atom is 0.274 e. The first-order valence-corrected chi connectivity index (χ1v) is 7.90. The molecule has 0 atom stereocenters. The molecule has 1 amide bonds. The lowest BCUT2D eigenvalue weighted by Crippen LogP contribution is -2.14. The number of nitrogens with zero attached hydrogens (tertiary/aromatic N) is 3. The highest BCUT2D eigenvalue weighted by molar-refractivity contribution is 9.10. The van der Waals surface area contributed by atoms with Crippen LogP contribution in [0.15, 0.2) is 45.7 Å². The van der Waals surface area contributed by atoms with Crippen molar-refractivity contribution in [3.05, 3.63) is 58.1 Å². The van der Waals surface area contributed by atoms with E-state index in [1.165, 1.54) is 6.33 Å². The van der Waals surface area contributed by atoms with Gasteiger partial charge in [0.25, 0.3) is 5.91 Å². The monoisotopic (exact) mass is 387 g/mol. The number of hydrogen-bond donors (Lipinski definition) is 2. The van der Waals surface area contributed by atoms with Gasteiger partial charge in [-0.1, -0.05) is 27.2 Å². The van der Waals surface area contributed by atoms with Gasteiger partial charge < -0.3 is 15.2 Å². The fourth-order valence-electron chi connectivity index (χ4n) is 1.97. The van der Waals surface area contributed by atoms with Crippen LogP contribution in [0.5, 0.6) is 0 Å². The Balaban J connectivity index is 1.75. The van der Waals surface area contributed by atoms with E-state index in [1.54, 1.807) is 19.1 Å². The lowest BCUT2D eigenvalue weighted by molar-refractivity contribution is 0.102. The number of rotatable bonds is 4. The summed E-state index contributed by atoms with van der Waals surface area (Å²) in [5.41, 5.74) is 2.01. The first-order chi connectivity index (χ1) is 11.5. The third-order valence-corrected chi connectivity index (χ3v) is 4.07. The standard InChI is InChI=1S/C16H14BrN5O2/c1-9-3-4-11(6-12(9)17)20-16(23)13-7-14(19-8-18-13)21-15-5-10(2)24-22-15/h3-8H,1-2H3,(H,20,23)(H,18,19,21,22). The molecule has 0 aliphatic rings. The van der Waals surface area contributed by atoms with Crippen LogP contribution in [0.2, 0.25) is 0 Å². The molecule has 3 rings (SSSR count). The maximum atomic E-state index is 12.3. The molecule has 0 fully saturated rings. The van der Waals surface area contributed by atoms with Gasteiger partial charge in [0.2, 0.25) is 0 Å². The molecule has 8 heteroatoms. The summed E-state index contributed by atoms with van der Waals surface area (Å²) in [5, 5.41) is 9.58. The topological polar surface area (TPSA) is 92.9 Å². The van der Waals surface area contributed by atoms with Crippen LogP contribution >= 0.6 is 15.9 Å². The van der Waals surface area contributed by atoms with Crippen molar-refractivity contribution in [3.8, 4) is 0 Å². The van der Waals surface area contributed by atoms with E-state index in [1.807, 2.05) is 25.1 Å². The molecule has 0 saturated heterocycles. The van der Waals surface area contributed by atoms with E-state index in [9.17, 15) is 4.79 Å². The third-order valence-electron chi connectivity index (χ3n) is 3.21. The molecule has 0 aliphatic heterocycles. The fourth-order valence-corrected chi connectivity index (χ4v) is 2.35. The van der Waals surface area contributed by atoms with Crippen LogP contribution < -0.4 is 10.6 Å². The smallest absolute Gasteiger partial charge is 0.274 e. The molecule has 122 valence electrons. The summed E-state index contributed by atoms with van der Waals surface area (Å²) in [4.78, 5) is 20.4. The Kier molecular flexibility index (Phi) is 4.57. The van der Waals surface area contributed by atoms with E-state index >= 15 is 0 Å². The van der Waals surface area contributed by atoms with Crippen molar-refractivity contribution in [2.45, 2.75) is 13.8 Å². The molecule has 0 saturated carbocycles. The highest BCUT2D eigenvalue weighted by atomic mass is 79.9. The minimum absolute atomic E-state index is 0.240. The highest BCUT2D eigenvalue weighted by Gasteiger charge is 2.11. The second-order valence-electron chi connectivity index (χ2n) is 5.15. The van der Waals surface area contributed by atoms with E-state index in [4.69, 9.17) is 4.52 Å². The van der Waals surface area contributed by atoms with Gasteiger partial charge in [0, 0.05) is 22.3 Å². The summed E-state index contributed by atoms with van der Waals surface area (Å²) in [5.74, 6) is 1.32. The normalized spacial score (nSPS) is 10.5. The van der Waals surface area contributed by atoms with Crippen LogP contribution in [-0.4, -0.2) is 21.0 Å². The second-order valence-corrected chi connectivity index (χ2v) is 6.01. The van der Waals surface area contributed by atoms with Crippen molar-refractivity contribution < 1.29 is 9.32 Å². The zero-order chi connectivity index (χ0) is 17.1. The van der Waals surface area contributed by atoms with Gasteiger partial charge in [-0.3, -0.25) is 4.79 Å². The molecular weight excluding hydrogens is 374 g/mol. The van der Waals surface area contributed by atoms with E-state index < -0.39 is 0 Å². The number of hydrogen-bond acceptors (Lipinski definition) is 6. The zero-order valence-electron chi connectivity index (χ0n) is 13.0. The van der Waals surface area contributed by atoms with Gasteiger partial charge >= 0.3 is 0 Å². The summed E-state index contributed by atoms with van der Waals surface area (Å²) >= 11 is 3.44. The Bertz CT molecular complexity index is 894. The number of carbonyl (C=O) groups excluding carboxylic acids is 1. The highest BCUT2D eigenvalue weighted by Crippen LogP contribution is 2.21. The predicted octanol–water partition coefficient (Wildman–Crippen LogP) is 3.84. The number of benzene rings is 1. The number of aryl methyl sites for hydroxylation is 2. The van der Waals surface area contributed by atoms with Crippen molar-refractivity contribution in [1.29, 1.82) is 0 Å². The zero-order valence-corrected chi connectivity index (χ0v) is 14.6. The number of anilines is 3. The Labute approximate surface area is 146 Å². The van der Waals surface area contributed by atoms with Crippen molar-refractivity contribution in [1.82, 2.24) is 15.1 Å². The van der Waals surface area contributed by atoms with Gasteiger partial charge in [-0.25, -0.2) is 9.97 Å². The molecule has 0 unspecified atom stereocenters. The first-order valence-electron chi connectivity index (χ1n) is 7.11. The average molecular weight is 388 g/mol. The summed E-state index contributed by atoms with van der Waals surface area (Å²) < 4.78 is 5.90. The van der Waals surface area contributed by atoms with Crippen LogP contribution in [0.3, 0.4) is 0 Å². The number of amides is 1. The number of carbonyl (C=O) groups is 1. The molecule has 3 aromatic rings. The van der Waals surface area contributed by atoms with Crippen molar-refractivity contribution in [3.63, 3.8) is 0 Å². The molecule has 2 heterocycles. The minimum Gasteiger partial charge on any atom is -0.360 e. The summed E-state index contributed by atoms with van der Waals surface area (Å²) in [6.45, 7) is 3.76. The molecule has 2 N–H and O–H groups in total. The lowest BCUT2D eigenvalue weighted by Gasteiger charge is -2.07. The largest absolute Gasteiger partial charge is 0.360 e. The lowest BCUT2D eigenvalue weighted by atomic mass is 10.2. The molecule has 2 aromatic heterocycles. The van der Waals surface area contributed by atoms with E-state index in [2.05, 4.69) is 41.7 Å². The van der Waals surface area contributed by atoms with E-state index in [0.717, 1.165) is 10.0 Å². The average Bonchev–Trinajstić information content (AvgIpc) is 2.96. The fraction of sp³-hybridized carbons (Fsp3) is 0.125.